The number of carbonyl (C=O) groups is 1. The van der Waals surface area contributed by atoms with Crippen LogP contribution in [0.2, 0.25) is 0 Å². The third-order valence-electron chi connectivity index (χ3n) is 3.41. The van der Waals surface area contributed by atoms with E-state index in [1.807, 2.05) is 7.05 Å². The van der Waals surface area contributed by atoms with E-state index in [-0.39, 0.29) is 11.6 Å². The van der Waals surface area contributed by atoms with Crippen LogP contribution in [0, 0.1) is 5.82 Å². The summed E-state index contributed by atoms with van der Waals surface area (Å²) >= 11 is 0. The number of rotatable bonds is 6. The van der Waals surface area contributed by atoms with Gasteiger partial charge in [0.1, 0.15) is 5.82 Å². The van der Waals surface area contributed by atoms with Crippen molar-refractivity contribution >= 4 is 5.78 Å². The highest BCUT2D eigenvalue weighted by Crippen LogP contribution is 2.13. The third-order valence-corrected chi connectivity index (χ3v) is 3.41. The van der Waals surface area contributed by atoms with Gasteiger partial charge in [0.05, 0.1) is 6.10 Å². The maximum absolute atomic E-state index is 13.0. The molecule has 19 heavy (non-hydrogen) atoms. The molecule has 1 heterocycles. The molecule has 0 saturated carbocycles. The van der Waals surface area contributed by atoms with Crippen LogP contribution in [-0.4, -0.2) is 43.5 Å². The monoisotopic (exact) mass is 265 g/mol. The molecule has 0 bridgehead atoms. The fraction of sp³-hybridized carbons (Fsp3) is 0.533. The fourth-order valence-corrected chi connectivity index (χ4v) is 2.33. The van der Waals surface area contributed by atoms with E-state index < -0.39 is 0 Å². The maximum Gasteiger partial charge on any atom is 0.164 e. The van der Waals surface area contributed by atoms with Crippen molar-refractivity contribution in [2.24, 2.45) is 0 Å². The van der Waals surface area contributed by atoms with E-state index in [0.717, 1.165) is 26.0 Å². The number of hydrogen-bond donors (Lipinski definition) is 0. The van der Waals surface area contributed by atoms with E-state index >= 15 is 0 Å². The van der Waals surface area contributed by atoms with Gasteiger partial charge in [-0.2, -0.15) is 0 Å². The molecule has 1 atom stereocenters. The number of ketones is 1. The van der Waals surface area contributed by atoms with E-state index in [2.05, 4.69) is 4.90 Å². The first-order chi connectivity index (χ1) is 9.15. The van der Waals surface area contributed by atoms with E-state index in [0.29, 0.717) is 24.6 Å². The minimum absolute atomic E-state index is 0.0151. The number of nitrogens with zero attached hydrogens (tertiary/aromatic N) is 1. The largest absolute Gasteiger partial charge is 0.377 e. The summed E-state index contributed by atoms with van der Waals surface area (Å²) in [6.45, 7) is 2.38. The SMILES string of the molecule is CN(CCC(=O)c1cccc(F)c1)CC1CCCO1. The van der Waals surface area contributed by atoms with E-state index in [1.165, 1.54) is 12.1 Å². The van der Waals surface area contributed by atoms with Crippen molar-refractivity contribution in [1.82, 2.24) is 4.90 Å². The summed E-state index contributed by atoms with van der Waals surface area (Å²) in [4.78, 5) is 14.0. The summed E-state index contributed by atoms with van der Waals surface area (Å²) < 4.78 is 18.6. The zero-order valence-corrected chi connectivity index (χ0v) is 11.3. The Morgan fingerprint density at radius 2 is 2.37 bits per heavy atom. The fourth-order valence-electron chi connectivity index (χ4n) is 2.33. The molecule has 0 N–H and O–H groups in total. The Bertz CT molecular complexity index is 430. The molecule has 4 heteroatoms. The number of likely N-dealkylation sites (N-methyl/N-ethyl adjacent to an activating group) is 1. The van der Waals surface area contributed by atoms with Gasteiger partial charge in [0.15, 0.2) is 5.78 Å². The normalized spacial score (nSPS) is 19.0. The van der Waals surface area contributed by atoms with Crippen molar-refractivity contribution < 1.29 is 13.9 Å². The predicted molar refractivity (Wildman–Crippen MR) is 71.8 cm³/mol. The molecule has 1 fully saturated rings. The van der Waals surface area contributed by atoms with Crippen molar-refractivity contribution in [2.45, 2.75) is 25.4 Å². The van der Waals surface area contributed by atoms with Crippen LogP contribution in [-0.2, 0) is 4.74 Å². The van der Waals surface area contributed by atoms with E-state index in [4.69, 9.17) is 4.74 Å². The number of carbonyl (C=O) groups excluding carboxylic acids is 1. The second-order valence-electron chi connectivity index (χ2n) is 5.08. The molecule has 2 rings (SSSR count). The lowest BCUT2D eigenvalue weighted by Gasteiger charge is -2.19. The molecule has 0 aromatic heterocycles. The van der Waals surface area contributed by atoms with Crippen LogP contribution in [0.3, 0.4) is 0 Å². The number of benzene rings is 1. The summed E-state index contributed by atoms with van der Waals surface area (Å²) in [5.74, 6) is -0.378. The lowest BCUT2D eigenvalue weighted by Crippen LogP contribution is -2.30. The van der Waals surface area contributed by atoms with Crippen molar-refractivity contribution in [2.75, 3.05) is 26.7 Å². The summed E-state index contributed by atoms with van der Waals surface area (Å²) in [5.41, 5.74) is 0.450. The van der Waals surface area contributed by atoms with Gasteiger partial charge in [0.25, 0.3) is 0 Å². The van der Waals surface area contributed by atoms with E-state index in [1.54, 1.807) is 12.1 Å². The summed E-state index contributed by atoms with van der Waals surface area (Å²) in [6, 6.07) is 5.87. The van der Waals surface area contributed by atoms with Crippen molar-refractivity contribution in [3.05, 3.63) is 35.6 Å². The van der Waals surface area contributed by atoms with Gasteiger partial charge in [-0.15, -0.1) is 0 Å². The number of hydrogen-bond acceptors (Lipinski definition) is 3. The van der Waals surface area contributed by atoms with Gasteiger partial charge in [-0.05, 0) is 32.0 Å². The highest BCUT2D eigenvalue weighted by atomic mass is 19.1. The van der Waals surface area contributed by atoms with Crippen molar-refractivity contribution in [3.8, 4) is 0 Å². The van der Waals surface area contributed by atoms with Gasteiger partial charge >= 0.3 is 0 Å². The first kappa shape index (κ1) is 14.2. The predicted octanol–water partition coefficient (Wildman–Crippen LogP) is 2.51. The molecular formula is C15H20FNO2. The number of halogens is 1. The summed E-state index contributed by atoms with van der Waals surface area (Å²) in [7, 11) is 1.99. The highest BCUT2D eigenvalue weighted by Gasteiger charge is 2.17. The van der Waals surface area contributed by atoms with Crippen LogP contribution >= 0.6 is 0 Å². The zero-order valence-electron chi connectivity index (χ0n) is 11.3. The van der Waals surface area contributed by atoms with Crippen LogP contribution < -0.4 is 0 Å². The van der Waals surface area contributed by atoms with Crippen LogP contribution in [0.5, 0.6) is 0 Å². The molecular weight excluding hydrogens is 245 g/mol. The summed E-state index contributed by atoms with van der Waals surface area (Å²) in [6.07, 6.45) is 2.93. The topological polar surface area (TPSA) is 29.5 Å². The van der Waals surface area contributed by atoms with Crippen molar-refractivity contribution in [3.63, 3.8) is 0 Å². The Kier molecular flexibility index (Phi) is 5.05. The lowest BCUT2D eigenvalue weighted by molar-refractivity contribution is 0.0778. The Morgan fingerprint density at radius 1 is 1.53 bits per heavy atom. The zero-order chi connectivity index (χ0) is 13.7. The smallest absolute Gasteiger partial charge is 0.164 e. The van der Waals surface area contributed by atoms with Crippen molar-refractivity contribution in [1.29, 1.82) is 0 Å². The minimum Gasteiger partial charge on any atom is -0.377 e. The maximum atomic E-state index is 13.0. The second-order valence-corrected chi connectivity index (χ2v) is 5.08. The molecule has 104 valence electrons. The Morgan fingerprint density at radius 3 is 3.05 bits per heavy atom. The van der Waals surface area contributed by atoms with Gasteiger partial charge < -0.3 is 9.64 Å². The Hall–Kier alpha value is -1.26. The van der Waals surface area contributed by atoms with Gasteiger partial charge in [-0.3, -0.25) is 4.79 Å². The second kappa shape index (κ2) is 6.78. The molecule has 0 amide bonds. The van der Waals surface area contributed by atoms with Crippen LogP contribution in [0.25, 0.3) is 0 Å². The minimum atomic E-state index is -0.362. The highest BCUT2D eigenvalue weighted by molar-refractivity contribution is 5.96. The molecule has 0 aliphatic carbocycles. The first-order valence-electron chi connectivity index (χ1n) is 6.74. The molecule has 1 unspecified atom stereocenters. The Balaban J connectivity index is 1.76. The molecule has 3 nitrogen and oxygen atoms in total. The van der Waals surface area contributed by atoms with Crippen LogP contribution in [0.4, 0.5) is 4.39 Å². The van der Waals surface area contributed by atoms with Gasteiger partial charge in [-0.1, -0.05) is 12.1 Å². The van der Waals surface area contributed by atoms with Gasteiger partial charge in [-0.25, -0.2) is 4.39 Å². The van der Waals surface area contributed by atoms with E-state index in [9.17, 15) is 9.18 Å². The van der Waals surface area contributed by atoms with Gasteiger partial charge in [0.2, 0.25) is 0 Å². The standard InChI is InChI=1S/C15H20FNO2/c1-17(11-14-6-3-9-19-14)8-7-15(18)12-4-2-5-13(16)10-12/h2,4-5,10,14H,3,6-9,11H2,1H3. The number of Topliss-reactive ketones (excluding diaryl/α,β-unsaturated/α-hetero) is 1. The summed E-state index contributed by atoms with van der Waals surface area (Å²) in [5, 5.41) is 0. The number of ether oxygens (including phenoxy) is 1. The lowest BCUT2D eigenvalue weighted by atomic mass is 10.1. The molecule has 0 spiro atoms. The van der Waals surface area contributed by atoms with Gasteiger partial charge in [0, 0.05) is 31.7 Å². The molecule has 1 aromatic rings. The first-order valence-corrected chi connectivity index (χ1v) is 6.74. The quantitative estimate of drug-likeness (QED) is 0.740. The average molecular weight is 265 g/mol. The molecule has 1 aliphatic rings. The molecule has 1 saturated heterocycles. The van der Waals surface area contributed by atoms with Crippen LogP contribution in [0.15, 0.2) is 24.3 Å². The molecule has 1 aliphatic heterocycles. The van der Waals surface area contributed by atoms with Crippen LogP contribution in [0.1, 0.15) is 29.6 Å². The Labute approximate surface area is 113 Å². The third kappa shape index (κ3) is 4.40. The molecule has 0 radical (unpaired) electrons. The average Bonchev–Trinajstić information content (AvgIpc) is 2.88. The molecule has 1 aromatic carbocycles.